The molecule has 0 aromatic rings. The summed E-state index contributed by atoms with van der Waals surface area (Å²) in [7, 11) is 0. The molecule has 1 saturated carbocycles. The van der Waals surface area contributed by atoms with Crippen LogP contribution in [0.4, 0.5) is 0 Å². The molecule has 1 atom stereocenters. The summed E-state index contributed by atoms with van der Waals surface area (Å²) in [4.78, 5) is 0. The third-order valence-corrected chi connectivity index (χ3v) is 3.51. The van der Waals surface area contributed by atoms with Gasteiger partial charge in [0.15, 0.2) is 0 Å². The van der Waals surface area contributed by atoms with Crippen LogP contribution in [0, 0.1) is 11.8 Å². The molecule has 72 valence electrons. The minimum Gasteiger partial charge on any atom is -0.123 e. The second-order valence-corrected chi connectivity index (χ2v) is 5.09. The molecule has 0 aliphatic heterocycles. The molecule has 0 aromatic heterocycles. The van der Waals surface area contributed by atoms with Crippen LogP contribution in [-0.4, -0.2) is 5.38 Å². The van der Waals surface area contributed by atoms with Crippen LogP contribution in [0.3, 0.4) is 0 Å². The molecular weight excluding hydrogens is 168 g/mol. The molecule has 1 aliphatic rings. The standard InChI is InChI=1S/C11H21Cl/c1-9(2)7-8-11(12)10-5-3-4-6-10/h9-11H,3-8H2,1-2H3. The minimum atomic E-state index is 0.468. The zero-order chi connectivity index (χ0) is 8.97. The molecule has 0 nitrogen and oxygen atoms in total. The molecule has 12 heavy (non-hydrogen) atoms. The summed E-state index contributed by atoms with van der Waals surface area (Å²) in [5.74, 6) is 1.65. The molecule has 0 N–H and O–H groups in total. The Labute approximate surface area is 81.7 Å². The summed E-state index contributed by atoms with van der Waals surface area (Å²) in [5, 5.41) is 0.468. The first kappa shape index (κ1) is 10.4. The van der Waals surface area contributed by atoms with Crippen LogP contribution in [0.25, 0.3) is 0 Å². The Morgan fingerprint density at radius 3 is 2.25 bits per heavy atom. The van der Waals surface area contributed by atoms with E-state index >= 15 is 0 Å². The van der Waals surface area contributed by atoms with Gasteiger partial charge in [0.1, 0.15) is 0 Å². The summed E-state index contributed by atoms with van der Waals surface area (Å²) in [5.41, 5.74) is 0. The van der Waals surface area contributed by atoms with E-state index in [9.17, 15) is 0 Å². The normalized spacial score (nSPS) is 22.0. The zero-order valence-corrected chi connectivity index (χ0v) is 9.11. The van der Waals surface area contributed by atoms with E-state index in [-0.39, 0.29) is 0 Å². The van der Waals surface area contributed by atoms with Crippen LogP contribution in [0.1, 0.15) is 52.4 Å². The van der Waals surface area contributed by atoms with E-state index < -0.39 is 0 Å². The smallest absolute Gasteiger partial charge is 0.0364 e. The van der Waals surface area contributed by atoms with Gasteiger partial charge in [0.25, 0.3) is 0 Å². The van der Waals surface area contributed by atoms with Crippen molar-refractivity contribution in [3.63, 3.8) is 0 Å². The molecule has 1 fully saturated rings. The van der Waals surface area contributed by atoms with Crippen LogP contribution < -0.4 is 0 Å². The SMILES string of the molecule is CC(C)CCC(Cl)C1CCCC1. The van der Waals surface area contributed by atoms with Gasteiger partial charge in [0.2, 0.25) is 0 Å². The van der Waals surface area contributed by atoms with Gasteiger partial charge in [0, 0.05) is 5.38 Å². The lowest BCUT2D eigenvalue weighted by Crippen LogP contribution is -2.11. The largest absolute Gasteiger partial charge is 0.123 e. The van der Waals surface area contributed by atoms with E-state index in [1.54, 1.807) is 0 Å². The average Bonchev–Trinajstić information content (AvgIpc) is 2.51. The summed E-state index contributed by atoms with van der Waals surface area (Å²) in [6, 6.07) is 0. The lowest BCUT2D eigenvalue weighted by molar-refractivity contribution is 0.448. The first-order valence-electron chi connectivity index (χ1n) is 5.34. The number of alkyl halides is 1. The molecule has 0 amide bonds. The zero-order valence-electron chi connectivity index (χ0n) is 8.35. The van der Waals surface area contributed by atoms with Crippen LogP contribution in [0.5, 0.6) is 0 Å². The van der Waals surface area contributed by atoms with Crippen LogP contribution >= 0.6 is 11.6 Å². The lowest BCUT2D eigenvalue weighted by atomic mass is 9.97. The van der Waals surface area contributed by atoms with Crippen molar-refractivity contribution in [3.05, 3.63) is 0 Å². The monoisotopic (exact) mass is 188 g/mol. The fourth-order valence-corrected chi connectivity index (χ4v) is 2.43. The van der Waals surface area contributed by atoms with E-state index in [1.807, 2.05) is 0 Å². The Morgan fingerprint density at radius 2 is 1.75 bits per heavy atom. The van der Waals surface area contributed by atoms with Gasteiger partial charge in [-0.05, 0) is 37.5 Å². The molecule has 1 unspecified atom stereocenters. The van der Waals surface area contributed by atoms with Crippen LogP contribution in [0.2, 0.25) is 0 Å². The van der Waals surface area contributed by atoms with Gasteiger partial charge in [-0.15, -0.1) is 11.6 Å². The second-order valence-electron chi connectivity index (χ2n) is 4.53. The maximum Gasteiger partial charge on any atom is 0.0364 e. The van der Waals surface area contributed by atoms with E-state index in [0.717, 1.165) is 11.8 Å². The summed E-state index contributed by atoms with van der Waals surface area (Å²) in [6.07, 6.45) is 8.11. The van der Waals surface area contributed by atoms with Crippen molar-refractivity contribution < 1.29 is 0 Å². The van der Waals surface area contributed by atoms with Crippen LogP contribution in [-0.2, 0) is 0 Å². The molecule has 0 bridgehead atoms. The maximum atomic E-state index is 6.33. The lowest BCUT2D eigenvalue weighted by Gasteiger charge is -2.17. The highest BCUT2D eigenvalue weighted by Gasteiger charge is 2.22. The maximum absolute atomic E-state index is 6.33. The molecule has 1 heteroatoms. The first-order chi connectivity index (χ1) is 5.70. The van der Waals surface area contributed by atoms with Crippen molar-refractivity contribution in [1.29, 1.82) is 0 Å². The number of rotatable bonds is 4. The number of hydrogen-bond donors (Lipinski definition) is 0. The molecule has 0 heterocycles. The van der Waals surface area contributed by atoms with Crippen molar-refractivity contribution in [2.75, 3.05) is 0 Å². The Bertz CT molecular complexity index is 114. The van der Waals surface area contributed by atoms with Gasteiger partial charge in [-0.1, -0.05) is 26.7 Å². The average molecular weight is 189 g/mol. The van der Waals surface area contributed by atoms with E-state index in [1.165, 1.54) is 38.5 Å². The topological polar surface area (TPSA) is 0 Å². The summed E-state index contributed by atoms with van der Waals surface area (Å²) >= 11 is 6.33. The molecule has 0 radical (unpaired) electrons. The van der Waals surface area contributed by atoms with Crippen molar-refractivity contribution in [3.8, 4) is 0 Å². The predicted molar refractivity (Wildman–Crippen MR) is 55.7 cm³/mol. The first-order valence-corrected chi connectivity index (χ1v) is 5.78. The summed E-state index contributed by atoms with van der Waals surface area (Å²) in [6.45, 7) is 4.55. The van der Waals surface area contributed by atoms with E-state index in [0.29, 0.717) is 5.38 Å². The molecule has 1 rings (SSSR count). The van der Waals surface area contributed by atoms with E-state index in [4.69, 9.17) is 11.6 Å². The third-order valence-electron chi connectivity index (χ3n) is 2.93. The van der Waals surface area contributed by atoms with Gasteiger partial charge >= 0.3 is 0 Å². The third kappa shape index (κ3) is 3.35. The highest BCUT2D eigenvalue weighted by Crippen LogP contribution is 2.33. The highest BCUT2D eigenvalue weighted by molar-refractivity contribution is 6.20. The molecule has 0 spiro atoms. The number of hydrogen-bond acceptors (Lipinski definition) is 0. The minimum absolute atomic E-state index is 0.468. The Hall–Kier alpha value is 0.290. The van der Waals surface area contributed by atoms with Crippen molar-refractivity contribution in [2.45, 2.75) is 57.7 Å². The fourth-order valence-electron chi connectivity index (χ4n) is 2.05. The predicted octanol–water partition coefficient (Wildman–Crippen LogP) is 4.22. The van der Waals surface area contributed by atoms with Gasteiger partial charge < -0.3 is 0 Å². The summed E-state index contributed by atoms with van der Waals surface area (Å²) < 4.78 is 0. The van der Waals surface area contributed by atoms with Gasteiger partial charge in [-0.2, -0.15) is 0 Å². The molecule has 0 aromatic carbocycles. The highest BCUT2D eigenvalue weighted by atomic mass is 35.5. The van der Waals surface area contributed by atoms with Crippen molar-refractivity contribution >= 4 is 11.6 Å². The number of halogens is 1. The molecule has 0 saturated heterocycles. The van der Waals surface area contributed by atoms with Crippen molar-refractivity contribution in [2.24, 2.45) is 11.8 Å². The van der Waals surface area contributed by atoms with Gasteiger partial charge in [-0.3, -0.25) is 0 Å². The van der Waals surface area contributed by atoms with Crippen LogP contribution in [0.15, 0.2) is 0 Å². The van der Waals surface area contributed by atoms with Gasteiger partial charge in [-0.25, -0.2) is 0 Å². The van der Waals surface area contributed by atoms with E-state index in [2.05, 4.69) is 13.8 Å². The quantitative estimate of drug-likeness (QED) is 0.580. The Kier molecular flexibility index (Phi) is 4.42. The van der Waals surface area contributed by atoms with Crippen molar-refractivity contribution in [1.82, 2.24) is 0 Å². The fraction of sp³-hybridized carbons (Fsp3) is 1.00. The van der Waals surface area contributed by atoms with Gasteiger partial charge in [0.05, 0.1) is 0 Å². The Morgan fingerprint density at radius 1 is 1.17 bits per heavy atom. The molecular formula is C11H21Cl. The molecule has 1 aliphatic carbocycles. The Balaban J connectivity index is 2.13. The second kappa shape index (κ2) is 5.11.